The first-order valence-electron chi connectivity index (χ1n) is 3.81. The van der Waals surface area contributed by atoms with Crippen LogP contribution in [0.25, 0.3) is 0 Å². The molecule has 1 amide bonds. The molecule has 1 aromatic heterocycles. The van der Waals surface area contributed by atoms with Crippen LogP contribution in [0.5, 0.6) is 0 Å². The van der Waals surface area contributed by atoms with E-state index in [1.807, 2.05) is 0 Å². The van der Waals surface area contributed by atoms with Crippen molar-refractivity contribution >= 4 is 5.91 Å². The summed E-state index contributed by atoms with van der Waals surface area (Å²) in [7, 11) is 0. The predicted octanol–water partition coefficient (Wildman–Crippen LogP) is -0.428. The molecule has 0 spiro atoms. The van der Waals surface area contributed by atoms with E-state index >= 15 is 0 Å². The number of carbonyl (C=O) groups excluding carboxylic acids is 1. The van der Waals surface area contributed by atoms with E-state index in [2.05, 4.69) is 22.3 Å². The van der Waals surface area contributed by atoms with E-state index in [1.54, 1.807) is 0 Å². The van der Waals surface area contributed by atoms with E-state index in [9.17, 15) is 4.79 Å². The monoisotopic (exact) mass is 169 g/mol. The Morgan fingerprint density at radius 3 is 2.92 bits per heavy atom. The summed E-state index contributed by atoms with van der Waals surface area (Å²) in [6.45, 7) is 2.74. The Morgan fingerprint density at radius 2 is 2.42 bits per heavy atom. The van der Waals surface area contributed by atoms with Gasteiger partial charge in [-0.3, -0.25) is 4.79 Å². The quantitative estimate of drug-likeness (QED) is 0.662. The zero-order valence-electron chi connectivity index (χ0n) is 6.90. The SMILES string of the molecule is CCCCn1nnc(C(N)=O)n1. The molecule has 1 heterocycles. The van der Waals surface area contributed by atoms with E-state index < -0.39 is 5.91 Å². The number of hydrogen-bond acceptors (Lipinski definition) is 4. The number of amides is 1. The van der Waals surface area contributed by atoms with Gasteiger partial charge in [0, 0.05) is 0 Å². The van der Waals surface area contributed by atoms with Gasteiger partial charge in [0.2, 0.25) is 0 Å². The van der Waals surface area contributed by atoms with Crippen molar-refractivity contribution in [2.75, 3.05) is 0 Å². The van der Waals surface area contributed by atoms with E-state index in [-0.39, 0.29) is 5.82 Å². The van der Waals surface area contributed by atoms with Gasteiger partial charge in [0.05, 0.1) is 6.54 Å². The molecule has 12 heavy (non-hydrogen) atoms. The molecule has 1 aromatic rings. The highest BCUT2D eigenvalue weighted by Crippen LogP contribution is 1.90. The fraction of sp³-hybridized carbons (Fsp3) is 0.667. The molecule has 0 atom stereocenters. The van der Waals surface area contributed by atoms with Crippen molar-refractivity contribution in [2.24, 2.45) is 5.73 Å². The first-order chi connectivity index (χ1) is 5.74. The predicted molar refractivity (Wildman–Crippen MR) is 41.2 cm³/mol. The van der Waals surface area contributed by atoms with Gasteiger partial charge in [-0.2, -0.15) is 4.80 Å². The van der Waals surface area contributed by atoms with E-state index in [0.717, 1.165) is 12.8 Å². The third kappa shape index (κ3) is 2.01. The number of unbranched alkanes of at least 4 members (excludes halogenated alkanes) is 1. The molecule has 0 saturated heterocycles. The van der Waals surface area contributed by atoms with Crippen LogP contribution in [0.1, 0.15) is 30.4 Å². The lowest BCUT2D eigenvalue weighted by Crippen LogP contribution is -2.13. The Morgan fingerprint density at radius 1 is 1.67 bits per heavy atom. The molecule has 0 radical (unpaired) electrons. The van der Waals surface area contributed by atoms with Crippen LogP contribution < -0.4 is 5.73 Å². The Kier molecular flexibility index (Phi) is 2.73. The Labute approximate surface area is 69.7 Å². The standard InChI is InChI=1S/C6H11N5O/c1-2-3-4-11-9-6(5(7)12)8-10-11/h2-4H2,1H3,(H2,7,12). The minimum absolute atomic E-state index is 0.0221. The van der Waals surface area contributed by atoms with E-state index in [0.29, 0.717) is 6.54 Å². The van der Waals surface area contributed by atoms with Crippen LogP contribution in [0, 0.1) is 0 Å². The van der Waals surface area contributed by atoms with Crippen molar-refractivity contribution in [1.82, 2.24) is 20.2 Å². The Bertz CT molecular complexity index is 269. The molecule has 66 valence electrons. The van der Waals surface area contributed by atoms with Crippen LogP contribution in [-0.4, -0.2) is 26.1 Å². The minimum atomic E-state index is -0.641. The molecule has 0 unspecified atom stereocenters. The highest BCUT2D eigenvalue weighted by molar-refractivity contribution is 5.88. The maximum atomic E-state index is 10.5. The summed E-state index contributed by atoms with van der Waals surface area (Å²) >= 11 is 0. The maximum Gasteiger partial charge on any atom is 0.290 e. The molecule has 0 aliphatic rings. The first-order valence-corrected chi connectivity index (χ1v) is 3.81. The maximum absolute atomic E-state index is 10.5. The topological polar surface area (TPSA) is 86.7 Å². The number of carbonyl (C=O) groups is 1. The number of tetrazole rings is 1. The fourth-order valence-corrected chi connectivity index (χ4v) is 0.736. The summed E-state index contributed by atoms with van der Waals surface area (Å²) in [5.74, 6) is -0.663. The summed E-state index contributed by atoms with van der Waals surface area (Å²) in [5.41, 5.74) is 4.94. The van der Waals surface area contributed by atoms with Crippen LogP contribution in [0.4, 0.5) is 0 Å². The zero-order chi connectivity index (χ0) is 8.97. The van der Waals surface area contributed by atoms with Crippen molar-refractivity contribution in [3.63, 3.8) is 0 Å². The average Bonchev–Trinajstić information content (AvgIpc) is 2.48. The molecule has 0 aliphatic carbocycles. The third-order valence-electron chi connectivity index (χ3n) is 1.38. The number of aryl methyl sites for hydroxylation is 1. The van der Waals surface area contributed by atoms with Crippen molar-refractivity contribution in [2.45, 2.75) is 26.3 Å². The molecule has 1 rings (SSSR count). The summed E-state index contributed by atoms with van der Waals surface area (Å²) in [6.07, 6.45) is 2.02. The number of nitrogens with two attached hydrogens (primary N) is 1. The number of primary amides is 1. The second kappa shape index (κ2) is 3.80. The van der Waals surface area contributed by atoms with Crippen LogP contribution in [-0.2, 0) is 6.54 Å². The molecular weight excluding hydrogens is 158 g/mol. The summed E-state index contributed by atoms with van der Waals surface area (Å²) in [4.78, 5) is 11.9. The van der Waals surface area contributed by atoms with Crippen molar-refractivity contribution in [3.05, 3.63) is 5.82 Å². The Hall–Kier alpha value is -1.46. The largest absolute Gasteiger partial charge is 0.363 e. The van der Waals surface area contributed by atoms with Gasteiger partial charge in [-0.1, -0.05) is 13.3 Å². The summed E-state index contributed by atoms with van der Waals surface area (Å²) in [5, 5.41) is 10.9. The first kappa shape index (κ1) is 8.63. The summed E-state index contributed by atoms with van der Waals surface area (Å²) in [6, 6.07) is 0. The van der Waals surface area contributed by atoms with E-state index in [4.69, 9.17) is 5.73 Å². The molecule has 0 fully saturated rings. The number of hydrogen-bond donors (Lipinski definition) is 1. The molecular formula is C6H11N5O. The molecule has 0 bridgehead atoms. The van der Waals surface area contributed by atoms with Gasteiger partial charge in [-0.05, 0) is 11.6 Å². The molecule has 0 saturated carbocycles. The van der Waals surface area contributed by atoms with Crippen molar-refractivity contribution in [1.29, 1.82) is 0 Å². The lowest BCUT2D eigenvalue weighted by molar-refractivity contribution is 0.0990. The van der Waals surface area contributed by atoms with E-state index in [1.165, 1.54) is 4.80 Å². The molecule has 2 N–H and O–H groups in total. The lowest BCUT2D eigenvalue weighted by atomic mass is 10.3. The van der Waals surface area contributed by atoms with Crippen LogP contribution >= 0.6 is 0 Å². The van der Waals surface area contributed by atoms with Gasteiger partial charge in [0.25, 0.3) is 11.7 Å². The zero-order valence-corrected chi connectivity index (χ0v) is 6.90. The smallest absolute Gasteiger partial charge is 0.290 e. The second-order valence-corrected chi connectivity index (χ2v) is 2.43. The van der Waals surface area contributed by atoms with Gasteiger partial charge in [0.15, 0.2) is 0 Å². The number of aromatic nitrogens is 4. The normalized spacial score (nSPS) is 10.1. The molecule has 6 heteroatoms. The number of rotatable bonds is 4. The Balaban J connectivity index is 2.58. The van der Waals surface area contributed by atoms with Gasteiger partial charge >= 0.3 is 0 Å². The van der Waals surface area contributed by atoms with Crippen LogP contribution in [0.2, 0.25) is 0 Å². The number of nitrogens with zero attached hydrogens (tertiary/aromatic N) is 4. The van der Waals surface area contributed by atoms with Gasteiger partial charge in [0.1, 0.15) is 0 Å². The van der Waals surface area contributed by atoms with Crippen molar-refractivity contribution in [3.8, 4) is 0 Å². The molecule has 0 aliphatic heterocycles. The van der Waals surface area contributed by atoms with Crippen LogP contribution in [0.3, 0.4) is 0 Å². The highest BCUT2D eigenvalue weighted by Gasteiger charge is 2.06. The lowest BCUT2D eigenvalue weighted by Gasteiger charge is -1.92. The molecule has 0 aromatic carbocycles. The highest BCUT2D eigenvalue weighted by atomic mass is 16.1. The van der Waals surface area contributed by atoms with Gasteiger partial charge in [-0.15, -0.1) is 10.2 Å². The summed E-state index contributed by atoms with van der Waals surface area (Å²) < 4.78 is 0. The second-order valence-electron chi connectivity index (χ2n) is 2.43. The average molecular weight is 169 g/mol. The molecule has 6 nitrogen and oxygen atoms in total. The third-order valence-corrected chi connectivity index (χ3v) is 1.38. The van der Waals surface area contributed by atoms with Gasteiger partial charge in [-0.25, -0.2) is 0 Å². The van der Waals surface area contributed by atoms with Gasteiger partial charge < -0.3 is 5.73 Å². The fourth-order valence-electron chi connectivity index (χ4n) is 0.736. The van der Waals surface area contributed by atoms with Crippen LogP contribution in [0.15, 0.2) is 0 Å². The minimum Gasteiger partial charge on any atom is -0.363 e. The van der Waals surface area contributed by atoms with Crippen molar-refractivity contribution < 1.29 is 4.79 Å².